The average molecular weight is 334 g/mol. The number of benzene rings is 1. The molecule has 112 valence electrons. The van der Waals surface area contributed by atoms with Gasteiger partial charge in [0.15, 0.2) is 5.82 Å². The van der Waals surface area contributed by atoms with Crippen LogP contribution in [-0.2, 0) is 0 Å². The van der Waals surface area contributed by atoms with Crippen molar-refractivity contribution in [3.05, 3.63) is 39.6 Å². The van der Waals surface area contributed by atoms with Gasteiger partial charge in [0, 0.05) is 16.6 Å². The molecule has 0 saturated heterocycles. The van der Waals surface area contributed by atoms with Crippen molar-refractivity contribution in [3.8, 4) is 0 Å². The first kappa shape index (κ1) is 13.7. The molecule has 1 aromatic carbocycles. The van der Waals surface area contributed by atoms with Crippen LogP contribution in [0, 0.1) is 6.92 Å². The summed E-state index contributed by atoms with van der Waals surface area (Å²) in [5.41, 5.74) is 1.63. The van der Waals surface area contributed by atoms with Crippen molar-refractivity contribution in [2.24, 2.45) is 0 Å². The summed E-state index contributed by atoms with van der Waals surface area (Å²) >= 11 is 7.16. The number of aryl methyl sites for hydroxylation is 1. The minimum atomic E-state index is -0.248. The Hall–Kier alpha value is -1.99. The third-order valence-electron chi connectivity index (χ3n) is 3.59. The van der Waals surface area contributed by atoms with E-state index >= 15 is 0 Å². The lowest BCUT2D eigenvalue weighted by molar-refractivity contribution is 0.102. The molecule has 0 aliphatic heterocycles. The van der Waals surface area contributed by atoms with E-state index in [4.69, 9.17) is 11.6 Å². The van der Waals surface area contributed by atoms with Crippen molar-refractivity contribution < 1.29 is 4.79 Å². The number of fused-ring (bicyclic) bond motifs is 1. The zero-order chi connectivity index (χ0) is 15.3. The monoisotopic (exact) mass is 333 g/mol. The van der Waals surface area contributed by atoms with E-state index in [2.05, 4.69) is 20.6 Å². The molecule has 0 radical (unpaired) electrons. The molecular formula is C14H12ClN5OS. The van der Waals surface area contributed by atoms with Crippen LogP contribution in [-0.4, -0.2) is 25.7 Å². The van der Waals surface area contributed by atoms with Crippen LogP contribution >= 0.6 is 22.9 Å². The van der Waals surface area contributed by atoms with E-state index in [-0.39, 0.29) is 5.91 Å². The molecule has 1 amide bonds. The molecule has 0 spiro atoms. The predicted molar refractivity (Wildman–Crippen MR) is 84.8 cm³/mol. The topological polar surface area (TPSA) is 72.2 Å². The highest BCUT2D eigenvalue weighted by molar-refractivity contribution is 7.18. The molecule has 8 heteroatoms. The zero-order valence-electron chi connectivity index (χ0n) is 11.7. The number of anilines is 1. The average Bonchev–Trinajstić information content (AvgIpc) is 3.10. The molecule has 1 saturated carbocycles. The van der Waals surface area contributed by atoms with Gasteiger partial charge in [-0.15, -0.1) is 15.3 Å². The third kappa shape index (κ3) is 2.36. The molecule has 1 aliphatic carbocycles. The van der Waals surface area contributed by atoms with Crippen LogP contribution in [0.2, 0.25) is 5.02 Å². The molecular weight excluding hydrogens is 322 g/mol. The van der Waals surface area contributed by atoms with Gasteiger partial charge in [0.25, 0.3) is 5.91 Å². The normalized spacial score (nSPS) is 14.5. The van der Waals surface area contributed by atoms with Gasteiger partial charge in [-0.05, 0) is 43.5 Å². The van der Waals surface area contributed by atoms with E-state index in [1.54, 1.807) is 22.7 Å². The molecule has 0 unspecified atom stereocenters. The molecule has 3 aromatic rings. The van der Waals surface area contributed by atoms with Crippen LogP contribution in [0.1, 0.15) is 39.9 Å². The van der Waals surface area contributed by atoms with Gasteiger partial charge in [0.2, 0.25) is 9.97 Å². The highest BCUT2D eigenvalue weighted by Gasteiger charge is 2.30. The Bertz CT molecular complexity index is 883. The maximum atomic E-state index is 12.4. The van der Waals surface area contributed by atoms with E-state index < -0.39 is 0 Å². The molecule has 0 bridgehead atoms. The number of amides is 1. The first-order chi connectivity index (χ1) is 10.6. The van der Waals surface area contributed by atoms with Crippen molar-refractivity contribution >= 4 is 39.5 Å². The summed E-state index contributed by atoms with van der Waals surface area (Å²) in [6.07, 6.45) is 2.23. The first-order valence-electron chi connectivity index (χ1n) is 6.91. The first-order valence-corrected chi connectivity index (χ1v) is 8.11. The molecule has 1 fully saturated rings. The third-order valence-corrected chi connectivity index (χ3v) is 4.72. The van der Waals surface area contributed by atoms with Gasteiger partial charge < -0.3 is 5.32 Å². The number of halogens is 1. The number of rotatable bonds is 3. The lowest BCUT2D eigenvalue weighted by Gasteiger charge is -2.06. The van der Waals surface area contributed by atoms with Crippen molar-refractivity contribution in [3.63, 3.8) is 0 Å². The van der Waals surface area contributed by atoms with Crippen LogP contribution in [0.25, 0.3) is 4.96 Å². The van der Waals surface area contributed by atoms with Crippen molar-refractivity contribution in [1.82, 2.24) is 19.8 Å². The molecule has 2 aromatic heterocycles. The van der Waals surface area contributed by atoms with Gasteiger partial charge in [0.1, 0.15) is 0 Å². The van der Waals surface area contributed by atoms with Gasteiger partial charge in [-0.3, -0.25) is 4.79 Å². The SMILES string of the molecule is Cc1cc(Cl)ccc1NC(=O)c1nn2c(C3CC3)nnc2s1. The summed E-state index contributed by atoms with van der Waals surface area (Å²) < 4.78 is 1.69. The van der Waals surface area contributed by atoms with E-state index in [0.29, 0.717) is 20.9 Å². The summed E-state index contributed by atoms with van der Waals surface area (Å²) in [6, 6.07) is 5.33. The van der Waals surface area contributed by atoms with E-state index in [9.17, 15) is 4.79 Å². The summed E-state index contributed by atoms with van der Waals surface area (Å²) in [5.74, 6) is 1.04. The largest absolute Gasteiger partial charge is 0.320 e. The Morgan fingerprint density at radius 1 is 1.41 bits per heavy atom. The Morgan fingerprint density at radius 2 is 2.23 bits per heavy atom. The Morgan fingerprint density at radius 3 is 2.95 bits per heavy atom. The Labute approximate surface area is 135 Å². The number of carbonyl (C=O) groups excluding carboxylic acids is 1. The number of carbonyl (C=O) groups is 1. The lowest BCUT2D eigenvalue weighted by Crippen LogP contribution is -2.13. The molecule has 1 N–H and O–H groups in total. The smallest absolute Gasteiger partial charge is 0.286 e. The molecule has 2 heterocycles. The summed E-state index contributed by atoms with van der Waals surface area (Å²) in [5, 5.41) is 16.5. The van der Waals surface area contributed by atoms with Crippen LogP contribution < -0.4 is 5.32 Å². The second-order valence-electron chi connectivity index (χ2n) is 5.35. The molecule has 22 heavy (non-hydrogen) atoms. The van der Waals surface area contributed by atoms with Gasteiger partial charge in [-0.25, -0.2) is 0 Å². The van der Waals surface area contributed by atoms with Crippen molar-refractivity contribution in [2.75, 3.05) is 5.32 Å². The lowest BCUT2D eigenvalue weighted by atomic mass is 10.2. The minimum absolute atomic E-state index is 0.248. The van der Waals surface area contributed by atoms with E-state index in [1.807, 2.05) is 6.92 Å². The van der Waals surface area contributed by atoms with Gasteiger partial charge >= 0.3 is 0 Å². The summed E-state index contributed by atoms with van der Waals surface area (Å²) in [4.78, 5) is 13.0. The van der Waals surface area contributed by atoms with Crippen molar-refractivity contribution in [1.29, 1.82) is 0 Å². The summed E-state index contributed by atoms with van der Waals surface area (Å²) in [6.45, 7) is 1.89. The van der Waals surface area contributed by atoms with Gasteiger partial charge in [0.05, 0.1) is 0 Å². The number of nitrogens with one attached hydrogen (secondary N) is 1. The standard InChI is InChI=1S/C14H12ClN5OS/c1-7-6-9(15)4-5-10(7)16-12(21)13-19-20-11(8-2-3-8)17-18-14(20)22-13/h4-6,8H,2-3H2,1H3,(H,16,21). The number of hydrogen-bond acceptors (Lipinski definition) is 5. The fourth-order valence-electron chi connectivity index (χ4n) is 2.26. The van der Waals surface area contributed by atoms with Crippen LogP contribution in [0.5, 0.6) is 0 Å². The highest BCUT2D eigenvalue weighted by Crippen LogP contribution is 2.39. The predicted octanol–water partition coefficient (Wildman–Crippen LogP) is 3.28. The second-order valence-corrected chi connectivity index (χ2v) is 6.74. The minimum Gasteiger partial charge on any atom is -0.320 e. The van der Waals surface area contributed by atoms with Crippen molar-refractivity contribution in [2.45, 2.75) is 25.7 Å². The maximum absolute atomic E-state index is 12.4. The van der Waals surface area contributed by atoms with Crippen LogP contribution in [0.15, 0.2) is 18.2 Å². The van der Waals surface area contributed by atoms with Gasteiger partial charge in [-0.2, -0.15) is 4.52 Å². The number of nitrogens with zero attached hydrogens (tertiary/aromatic N) is 4. The molecule has 4 rings (SSSR count). The Kier molecular flexibility index (Phi) is 3.12. The van der Waals surface area contributed by atoms with Gasteiger partial charge in [-0.1, -0.05) is 22.9 Å². The maximum Gasteiger partial charge on any atom is 0.286 e. The van der Waals surface area contributed by atoms with E-state index in [1.165, 1.54) is 11.3 Å². The van der Waals surface area contributed by atoms with E-state index in [0.717, 1.165) is 29.9 Å². The number of aromatic nitrogens is 4. The second kappa shape index (κ2) is 5.03. The zero-order valence-corrected chi connectivity index (χ0v) is 13.3. The van der Waals surface area contributed by atoms with Crippen LogP contribution in [0.4, 0.5) is 5.69 Å². The van der Waals surface area contributed by atoms with Crippen LogP contribution in [0.3, 0.4) is 0 Å². The number of hydrogen-bond donors (Lipinski definition) is 1. The molecule has 0 atom stereocenters. The fraction of sp³-hybridized carbons (Fsp3) is 0.286. The quantitative estimate of drug-likeness (QED) is 0.798. The summed E-state index contributed by atoms with van der Waals surface area (Å²) in [7, 11) is 0. The molecule has 6 nitrogen and oxygen atoms in total. The molecule has 1 aliphatic rings. The fourth-order valence-corrected chi connectivity index (χ4v) is 3.23. The highest BCUT2D eigenvalue weighted by atomic mass is 35.5. The Balaban J connectivity index is 1.62.